The molecule has 0 aliphatic heterocycles. The Bertz CT molecular complexity index is 327. The third-order valence-corrected chi connectivity index (χ3v) is 5.32. The lowest BCUT2D eigenvalue weighted by Gasteiger charge is -2.36. The molecule has 18 heavy (non-hydrogen) atoms. The largest absolute Gasteiger partial charge is 0.317 e. The Kier molecular flexibility index (Phi) is 6.64. The fraction of sp³-hybridized carbons (Fsp3) is 1.00. The smallest absolute Gasteiger partial charge is 0.147 e. The van der Waals surface area contributed by atoms with Crippen LogP contribution in [0, 0.1) is 17.8 Å². The molecule has 3 atom stereocenters. The van der Waals surface area contributed by atoms with E-state index < -0.39 is 9.84 Å². The lowest BCUT2D eigenvalue weighted by molar-refractivity contribution is 0.169. The monoisotopic (exact) mass is 275 g/mol. The Balaban J connectivity index is 2.53. The molecule has 0 aromatic heterocycles. The summed E-state index contributed by atoms with van der Waals surface area (Å²) in [7, 11) is -2.81. The van der Waals surface area contributed by atoms with E-state index in [1.165, 1.54) is 31.9 Å². The molecule has 1 aliphatic carbocycles. The number of nitrogens with one attached hydrogen (secondary N) is 1. The van der Waals surface area contributed by atoms with Gasteiger partial charge in [-0.2, -0.15) is 0 Å². The Hall–Kier alpha value is -0.0900. The zero-order valence-corrected chi connectivity index (χ0v) is 12.9. The fourth-order valence-electron chi connectivity index (χ4n) is 3.11. The van der Waals surface area contributed by atoms with Crippen LogP contribution in [-0.4, -0.2) is 33.5 Å². The highest BCUT2D eigenvalue weighted by Crippen LogP contribution is 2.37. The minimum atomic E-state index is -2.81. The van der Waals surface area contributed by atoms with Gasteiger partial charge in [-0.15, -0.1) is 0 Å². The van der Waals surface area contributed by atoms with Crippen molar-refractivity contribution in [2.45, 2.75) is 46.0 Å². The van der Waals surface area contributed by atoms with Crippen LogP contribution >= 0.6 is 0 Å². The van der Waals surface area contributed by atoms with Crippen LogP contribution in [0.2, 0.25) is 0 Å². The van der Waals surface area contributed by atoms with Crippen molar-refractivity contribution in [3.05, 3.63) is 0 Å². The number of rotatable bonds is 7. The zero-order chi connectivity index (χ0) is 13.6. The molecule has 0 radical (unpaired) electrons. The fourth-order valence-corrected chi connectivity index (χ4v) is 3.84. The third kappa shape index (κ3) is 5.70. The molecule has 1 rings (SSSR count). The van der Waals surface area contributed by atoms with Crippen molar-refractivity contribution in [3.63, 3.8) is 0 Å². The predicted octanol–water partition coefficient (Wildman–Crippen LogP) is 2.47. The van der Waals surface area contributed by atoms with Gasteiger partial charge in [-0.1, -0.05) is 26.7 Å². The van der Waals surface area contributed by atoms with Crippen molar-refractivity contribution in [2.24, 2.45) is 17.8 Å². The maximum atomic E-state index is 11.3. The first-order chi connectivity index (χ1) is 8.46. The molecule has 3 nitrogen and oxygen atoms in total. The highest BCUT2D eigenvalue weighted by Gasteiger charge is 2.29. The summed E-state index contributed by atoms with van der Waals surface area (Å²) < 4.78 is 22.7. The molecular weight excluding hydrogens is 246 g/mol. The van der Waals surface area contributed by atoms with Gasteiger partial charge in [0.25, 0.3) is 0 Å². The number of sulfone groups is 1. The van der Waals surface area contributed by atoms with Crippen LogP contribution in [0.3, 0.4) is 0 Å². The van der Waals surface area contributed by atoms with Gasteiger partial charge in [0, 0.05) is 6.26 Å². The van der Waals surface area contributed by atoms with E-state index in [-0.39, 0.29) is 0 Å². The minimum Gasteiger partial charge on any atom is -0.317 e. The van der Waals surface area contributed by atoms with Crippen molar-refractivity contribution in [1.82, 2.24) is 5.32 Å². The van der Waals surface area contributed by atoms with Crippen LogP contribution in [0.4, 0.5) is 0 Å². The minimum absolute atomic E-state index is 0.358. The summed E-state index contributed by atoms with van der Waals surface area (Å²) in [4.78, 5) is 0. The highest BCUT2D eigenvalue weighted by atomic mass is 32.2. The predicted molar refractivity (Wildman–Crippen MR) is 77.5 cm³/mol. The Morgan fingerprint density at radius 1 is 1.17 bits per heavy atom. The molecule has 0 heterocycles. The average molecular weight is 275 g/mol. The molecule has 3 unspecified atom stereocenters. The molecule has 0 spiro atoms. The van der Waals surface area contributed by atoms with Gasteiger partial charge in [0.2, 0.25) is 0 Å². The summed E-state index contributed by atoms with van der Waals surface area (Å²) in [6.45, 7) is 6.44. The van der Waals surface area contributed by atoms with E-state index in [2.05, 4.69) is 19.2 Å². The molecule has 1 fully saturated rings. The zero-order valence-electron chi connectivity index (χ0n) is 12.1. The van der Waals surface area contributed by atoms with Gasteiger partial charge in [0.1, 0.15) is 9.84 Å². The molecule has 1 aliphatic rings. The maximum absolute atomic E-state index is 11.3. The van der Waals surface area contributed by atoms with E-state index >= 15 is 0 Å². The maximum Gasteiger partial charge on any atom is 0.147 e. The first-order valence-electron chi connectivity index (χ1n) is 7.34. The van der Waals surface area contributed by atoms with Gasteiger partial charge in [-0.3, -0.25) is 0 Å². The van der Waals surface area contributed by atoms with Crippen LogP contribution in [0.1, 0.15) is 46.0 Å². The SMILES string of the molecule is CCNCC1CCC(CC)CC1CCS(C)(=O)=O. The van der Waals surface area contributed by atoms with Crippen molar-refractivity contribution in [2.75, 3.05) is 25.1 Å². The van der Waals surface area contributed by atoms with Gasteiger partial charge in [0.05, 0.1) is 5.75 Å². The van der Waals surface area contributed by atoms with Crippen LogP contribution < -0.4 is 5.32 Å². The molecule has 1 N–H and O–H groups in total. The van der Waals surface area contributed by atoms with Gasteiger partial charge in [-0.05, 0) is 50.1 Å². The highest BCUT2D eigenvalue weighted by molar-refractivity contribution is 7.90. The van der Waals surface area contributed by atoms with E-state index in [1.807, 2.05) is 0 Å². The Morgan fingerprint density at radius 2 is 1.89 bits per heavy atom. The molecule has 0 aromatic carbocycles. The third-order valence-electron chi connectivity index (χ3n) is 4.34. The van der Waals surface area contributed by atoms with Gasteiger partial charge < -0.3 is 5.32 Å². The quantitative estimate of drug-likeness (QED) is 0.776. The van der Waals surface area contributed by atoms with Gasteiger partial charge in [0.15, 0.2) is 0 Å². The van der Waals surface area contributed by atoms with E-state index in [1.54, 1.807) is 0 Å². The first kappa shape index (κ1) is 16.0. The van der Waals surface area contributed by atoms with Crippen LogP contribution in [0.15, 0.2) is 0 Å². The van der Waals surface area contributed by atoms with Crippen LogP contribution in [-0.2, 0) is 9.84 Å². The molecule has 0 saturated heterocycles. The van der Waals surface area contributed by atoms with Crippen LogP contribution in [0.25, 0.3) is 0 Å². The summed E-state index contributed by atoms with van der Waals surface area (Å²) >= 11 is 0. The molecule has 0 aromatic rings. The number of hydrogen-bond acceptors (Lipinski definition) is 3. The summed E-state index contributed by atoms with van der Waals surface area (Å²) in [5, 5.41) is 3.43. The summed E-state index contributed by atoms with van der Waals surface area (Å²) in [6.07, 6.45) is 7.26. The van der Waals surface area contributed by atoms with Crippen molar-refractivity contribution in [1.29, 1.82) is 0 Å². The van der Waals surface area contributed by atoms with E-state index in [0.717, 1.165) is 25.4 Å². The topological polar surface area (TPSA) is 46.2 Å². The van der Waals surface area contributed by atoms with Crippen molar-refractivity contribution in [3.8, 4) is 0 Å². The summed E-state index contributed by atoms with van der Waals surface area (Å²) in [6, 6.07) is 0. The molecule has 4 heteroatoms. The number of hydrogen-bond donors (Lipinski definition) is 1. The molecule has 0 bridgehead atoms. The summed E-state index contributed by atoms with van der Waals surface area (Å²) in [5.74, 6) is 2.44. The Labute approximate surface area is 113 Å². The second-order valence-electron chi connectivity index (χ2n) is 5.83. The van der Waals surface area contributed by atoms with Crippen molar-refractivity contribution < 1.29 is 8.42 Å². The molecular formula is C14H29NO2S. The standard InChI is InChI=1S/C14H29NO2S/c1-4-12-6-7-14(11-15-5-2)13(10-12)8-9-18(3,16)17/h12-15H,4-11H2,1-3H3. The summed E-state index contributed by atoms with van der Waals surface area (Å²) in [5.41, 5.74) is 0. The molecule has 108 valence electrons. The second-order valence-corrected chi connectivity index (χ2v) is 8.09. The molecule has 0 amide bonds. The van der Waals surface area contributed by atoms with E-state index in [4.69, 9.17) is 0 Å². The van der Waals surface area contributed by atoms with E-state index in [0.29, 0.717) is 17.6 Å². The average Bonchev–Trinajstić information content (AvgIpc) is 2.33. The van der Waals surface area contributed by atoms with Crippen LogP contribution in [0.5, 0.6) is 0 Å². The second kappa shape index (κ2) is 7.49. The first-order valence-corrected chi connectivity index (χ1v) is 9.40. The lowest BCUT2D eigenvalue weighted by atomic mass is 9.72. The van der Waals surface area contributed by atoms with Gasteiger partial charge in [-0.25, -0.2) is 8.42 Å². The molecule has 1 saturated carbocycles. The van der Waals surface area contributed by atoms with Crippen molar-refractivity contribution >= 4 is 9.84 Å². The van der Waals surface area contributed by atoms with Gasteiger partial charge >= 0.3 is 0 Å². The van der Waals surface area contributed by atoms with E-state index in [9.17, 15) is 8.42 Å². The lowest BCUT2D eigenvalue weighted by Crippen LogP contribution is -2.34. The Morgan fingerprint density at radius 3 is 2.44 bits per heavy atom. The normalized spacial score (nSPS) is 29.4.